The molecule has 1 aliphatic rings. The van der Waals surface area contributed by atoms with Crippen molar-refractivity contribution < 1.29 is 23.9 Å². The Labute approximate surface area is 168 Å². The maximum absolute atomic E-state index is 12.1. The van der Waals surface area contributed by atoms with Gasteiger partial charge in [-0.15, -0.1) is 0 Å². The zero-order valence-electron chi connectivity index (χ0n) is 16.2. The SMILES string of the molecule is COC(=O)c1ccc(/C=C/C(=O)OCC(=O)Nc2ccnn2C2CCCC2)cc1. The lowest BCUT2D eigenvalue weighted by molar-refractivity contribution is -0.142. The molecule has 29 heavy (non-hydrogen) atoms. The van der Waals surface area contributed by atoms with E-state index in [4.69, 9.17) is 4.74 Å². The summed E-state index contributed by atoms with van der Waals surface area (Å²) in [4.78, 5) is 35.3. The van der Waals surface area contributed by atoms with Gasteiger partial charge >= 0.3 is 11.9 Å². The Balaban J connectivity index is 1.47. The maximum atomic E-state index is 12.1. The number of benzene rings is 1. The smallest absolute Gasteiger partial charge is 0.337 e. The third-order valence-electron chi connectivity index (χ3n) is 4.70. The van der Waals surface area contributed by atoms with Crippen molar-refractivity contribution >= 4 is 29.7 Å². The highest BCUT2D eigenvalue weighted by Crippen LogP contribution is 2.31. The lowest BCUT2D eigenvalue weighted by Gasteiger charge is -2.14. The predicted octanol–water partition coefficient (Wildman–Crippen LogP) is 2.98. The summed E-state index contributed by atoms with van der Waals surface area (Å²) in [6, 6.07) is 8.57. The van der Waals surface area contributed by atoms with Gasteiger partial charge in [-0.1, -0.05) is 25.0 Å². The minimum atomic E-state index is -0.638. The molecule has 2 aromatic rings. The molecule has 1 N–H and O–H groups in total. The van der Waals surface area contributed by atoms with Crippen LogP contribution in [0.3, 0.4) is 0 Å². The zero-order chi connectivity index (χ0) is 20.6. The van der Waals surface area contributed by atoms with Gasteiger partial charge < -0.3 is 14.8 Å². The van der Waals surface area contributed by atoms with Crippen LogP contribution in [0.25, 0.3) is 6.08 Å². The van der Waals surface area contributed by atoms with Gasteiger partial charge in [-0.25, -0.2) is 14.3 Å². The van der Waals surface area contributed by atoms with Crippen LogP contribution in [0.1, 0.15) is 47.6 Å². The number of amides is 1. The molecule has 0 aliphatic heterocycles. The zero-order valence-corrected chi connectivity index (χ0v) is 16.2. The average Bonchev–Trinajstić information content (AvgIpc) is 3.42. The number of carbonyl (C=O) groups is 3. The van der Waals surface area contributed by atoms with E-state index in [-0.39, 0.29) is 6.61 Å². The van der Waals surface area contributed by atoms with E-state index in [1.54, 1.807) is 36.5 Å². The fourth-order valence-electron chi connectivity index (χ4n) is 3.23. The number of ether oxygens (including phenoxy) is 2. The Morgan fingerprint density at radius 3 is 2.59 bits per heavy atom. The number of hydrogen-bond acceptors (Lipinski definition) is 6. The van der Waals surface area contributed by atoms with E-state index in [2.05, 4.69) is 15.2 Å². The first-order valence-corrected chi connectivity index (χ1v) is 9.43. The average molecular weight is 397 g/mol. The Morgan fingerprint density at radius 1 is 1.17 bits per heavy atom. The van der Waals surface area contributed by atoms with Crippen molar-refractivity contribution in [3.05, 3.63) is 53.7 Å². The fraction of sp³-hybridized carbons (Fsp3) is 0.333. The normalized spacial score (nSPS) is 14.1. The summed E-state index contributed by atoms with van der Waals surface area (Å²) in [6.45, 7) is -0.389. The van der Waals surface area contributed by atoms with Crippen LogP contribution in [0.15, 0.2) is 42.6 Å². The monoisotopic (exact) mass is 397 g/mol. The number of hydrogen-bond donors (Lipinski definition) is 1. The van der Waals surface area contributed by atoms with Crippen molar-refractivity contribution in [2.24, 2.45) is 0 Å². The molecular formula is C21H23N3O5. The lowest BCUT2D eigenvalue weighted by atomic mass is 10.1. The summed E-state index contributed by atoms with van der Waals surface area (Å²) >= 11 is 0. The largest absolute Gasteiger partial charge is 0.465 e. The van der Waals surface area contributed by atoms with Gasteiger partial charge in [0.05, 0.1) is 24.9 Å². The van der Waals surface area contributed by atoms with Crippen LogP contribution in [0.4, 0.5) is 5.82 Å². The molecule has 1 heterocycles. The van der Waals surface area contributed by atoms with Crippen LogP contribution in [0.5, 0.6) is 0 Å². The van der Waals surface area contributed by atoms with Crippen molar-refractivity contribution in [3.63, 3.8) is 0 Å². The highest BCUT2D eigenvalue weighted by molar-refractivity contribution is 5.94. The summed E-state index contributed by atoms with van der Waals surface area (Å²) in [5.41, 5.74) is 1.13. The Bertz CT molecular complexity index is 895. The van der Waals surface area contributed by atoms with Crippen LogP contribution in [-0.4, -0.2) is 41.3 Å². The van der Waals surface area contributed by atoms with Crippen LogP contribution in [0, 0.1) is 0 Å². The van der Waals surface area contributed by atoms with E-state index in [9.17, 15) is 14.4 Å². The molecule has 1 fully saturated rings. The Morgan fingerprint density at radius 2 is 1.90 bits per heavy atom. The third kappa shape index (κ3) is 5.54. The minimum absolute atomic E-state index is 0.302. The summed E-state index contributed by atoms with van der Waals surface area (Å²) < 4.78 is 11.4. The summed E-state index contributed by atoms with van der Waals surface area (Å²) in [6.07, 6.45) is 8.82. The lowest BCUT2D eigenvalue weighted by Crippen LogP contribution is -2.22. The van der Waals surface area contributed by atoms with Gasteiger partial charge in [0.15, 0.2) is 6.61 Å². The van der Waals surface area contributed by atoms with E-state index in [1.165, 1.54) is 19.3 Å². The van der Waals surface area contributed by atoms with E-state index >= 15 is 0 Å². The van der Waals surface area contributed by atoms with Crippen molar-refractivity contribution in [3.8, 4) is 0 Å². The molecule has 8 nitrogen and oxygen atoms in total. The van der Waals surface area contributed by atoms with Crippen molar-refractivity contribution in [2.75, 3.05) is 19.0 Å². The molecule has 1 saturated carbocycles. The van der Waals surface area contributed by atoms with Gasteiger partial charge in [-0.2, -0.15) is 5.10 Å². The number of methoxy groups -OCH3 is 1. The fourth-order valence-corrected chi connectivity index (χ4v) is 3.23. The van der Waals surface area contributed by atoms with Crippen molar-refractivity contribution in [1.29, 1.82) is 0 Å². The molecular weight excluding hydrogens is 374 g/mol. The van der Waals surface area contributed by atoms with E-state index in [1.807, 2.05) is 4.68 Å². The molecule has 0 bridgehead atoms. The van der Waals surface area contributed by atoms with E-state index < -0.39 is 17.8 Å². The number of carbonyl (C=O) groups excluding carboxylic acids is 3. The topological polar surface area (TPSA) is 99.5 Å². The number of anilines is 1. The first-order chi connectivity index (χ1) is 14.1. The first-order valence-electron chi connectivity index (χ1n) is 9.43. The number of nitrogens with zero attached hydrogens (tertiary/aromatic N) is 2. The second kappa shape index (κ2) is 9.68. The Kier molecular flexibility index (Phi) is 6.78. The maximum Gasteiger partial charge on any atom is 0.337 e. The van der Waals surface area contributed by atoms with E-state index in [0.717, 1.165) is 25.7 Å². The molecule has 1 amide bonds. The van der Waals surface area contributed by atoms with Gasteiger partial charge in [0.1, 0.15) is 5.82 Å². The van der Waals surface area contributed by atoms with E-state index in [0.29, 0.717) is 23.0 Å². The molecule has 1 aliphatic carbocycles. The van der Waals surface area contributed by atoms with Crippen molar-refractivity contribution in [1.82, 2.24) is 9.78 Å². The molecule has 1 aromatic heterocycles. The number of nitrogens with one attached hydrogen (secondary N) is 1. The van der Waals surface area contributed by atoms with Gasteiger partial charge in [0.2, 0.25) is 0 Å². The molecule has 0 spiro atoms. The highest BCUT2D eigenvalue weighted by atomic mass is 16.5. The van der Waals surface area contributed by atoms with Crippen LogP contribution in [-0.2, 0) is 19.1 Å². The molecule has 152 valence electrons. The highest BCUT2D eigenvalue weighted by Gasteiger charge is 2.20. The molecule has 8 heteroatoms. The van der Waals surface area contributed by atoms with Crippen LogP contribution < -0.4 is 5.32 Å². The summed E-state index contributed by atoms with van der Waals surface area (Å²) in [7, 11) is 1.31. The van der Waals surface area contributed by atoms with Gasteiger partial charge in [0, 0.05) is 12.1 Å². The number of rotatable bonds is 7. The molecule has 0 atom stereocenters. The number of esters is 2. The quantitative estimate of drug-likeness (QED) is 0.570. The second-order valence-corrected chi connectivity index (χ2v) is 6.70. The standard InChI is InChI=1S/C21H23N3O5/c1-28-21(27)16-9-6-15(7-10-16)8-11-20(26)29-14-19(25)23-18-12-13-22-24(18)17-4-2-3-5-17/h6-13,17H,2-5,14H2,1H3,(H,23,25)/b11-8+. The Hall–Kier alpha value is -3.42. The second-order valence-electron chi connectivity index (χ2n) is 6.70. The predicted molar refractivity (Wildman–Crippen MR) is 106 cm³/mol. The van der Waals surface area contributed by atoms with Crippen molar-refractivity contribution in [2.45, 2.75) is 31.7 Å². The molecule has 3 rings (SSSR count). The van der Waals surface area contributed by atoms with Gasteiger partial charge in [-0.3, -0.25) is 4.79 Å². The minimum Gasteiger partial charge on any atom is -0.465 e. The molecule has 0 saturated heterocycles. The first kappa shape index (κ1) is 20.3. The molecule has 1 aromatic carbocycles. The molecule has 0 radical (unpaired) electrons. The summed E-state index contributed by atoms with van der Waals surface area (Å²) in [5.74, 6) is -0.880. The third-order valence-corrected chi connectivity index (χ3v) is 4.70. The number of aromatic nitrogens is 2. The van der Waals surface area contributed by atoms with Gasteiger partial charge in [-0.05, 0) is 36.6 Å². The van der Waals surface area contributed by atoms with Crippen LogP contribution in [0.2, 0.25) is 0 Å². The molecule has 0 unspecified atom stereocenters. The van der Waals surface area contributed by atoms with Crippen LogP contribution >= 0.6 is 0 Å². The summed E-state index contributed by atoms with van der Waals surface area (Å²) in [5, 5.41) is 7.02. The van der Waals surface area contributed by atoms with Gasteiger partial charge in [0.25, 0.3) is 5.91 Å².